The van der Waals surface area contributed by atoms with Crippen LogP contribution in [0.4, 0.5) is 5.82 Å². The standard InChI is InChI=1S/C11H13N3O/c12-6-9-3-4-11(13-7-9)14-8-10-2-1-5-15-10/h3-4,7,10H,1-2,5,8H2,(H,13,14). The summed E-state index contributed by atoms with van der Waals surface area (Å²) < 4.78 is 5.48. The molecule has 0 bridgehead atoms. The van der Waals surface area contributed by atoms with Crippen LogP contribution in [0.3, 0.4) is 0 Å². The van der Waals surface area contributed by atoms with Gasteiger partial charge in [-0.25, -0.2) is 4.98 Å². The third-order valence-electron chi connectivity index (χ3n) is 2.43. The van der Waals surface area contributed by atoms with Crippen molar-refractivity contribution in [1.82, 2.24) is 4.98 Å². The fourth-order valence-corrected chi connectivity index (χ4v) is 1.59. The van der Waals surface area contributed by atoms with E-state index >= 15 is 0 Å². The highest BCUT2D eigenvalue weighted by Gasteiger charge is 2.14. The first-order valence-electron chi connectivity index (χ1n) is 5.10. The van der Waals surface area contributed by atoms with Crippen molar-refractivity contribution in [2.75, 3.05) is 18.5 Å². The Balaban J connectivity index is 1.85. The van der Waals surface area contributed by atoms with E-state index in [1.807, 2.05) is 12.1 Å². The lowest BCUT2D eigenvalue weighted by atomic mass is 10.2. The Hall–Kier alpha value is -1.60. The molecule has 1 aromatic rings. The maximum atomic E-state index is 8.60. The van der Waals surface area contributed by atoms with Crippen LogP contribution < -0.4 is 5.32 Å². The summed E-state index contributed by atoms with van der Waals surface area (Å²) in [6.07, 6.45) is 4.14. The summed E-state index contributed by atoms with van der Waals surface area (Å²) in [5, 5.41) is 11.8. The SMILES string of the molecule is N#Cc1ccc(NCC2CCCO2)nc1. The number of ether oxygens (including phenoxy) is 1. The van der Waals surface area contributed by atoms with Gasteiger partial charge in [0.1, 0.15) is 11.9 Å². The minimum atomic E-state index is 0.308. The minimum Gasteiger partial charge on any atom is -0.376 e. The Kier molecular flexibility index (Phi) is 3.15. The molecule has 1 atom stereocenters. The molecule has 2 rings (SSSR count). The second kappa shape index (κ2) is 4.76. The van der Waals surface area contributed by atoms with Crippen molar-refractivity contribution in [1.29, 1.82) is 5.26 Å². The summed E-state index contributed by atoms with van der Waals surface area (Å²) in [7, 11) is 0. The van der Waals surface area contributed by atoms with Gasteiger partial charge in [0.2, 0.25) is 0 Å². The van der Waals surface area contributed by atoms with Crippen LogP contribution in [0.25, 0.3) is 0 Å². The van der Waals surface area contributed by atoms with E-state index in [-0.39, 0.29) is 0 Å². The lowest BCUT2D eigenvalue weighted by Crippen LogP contribution is -2.18. The number of rotatable bonds is 3. The molecule has 0 aliphatic carbocycles. The number of nitriles is 1. The molecule has 1 unspecified atom stereocenters. The molecule has 1 aliphatic rings. The van der Waals surface area contributed by atoms with Crippen LogP contribution in [0.15, 0.2) is 18.3 Å². The molecule has 0 radical (unpaired) electrons. The molecule has 0 spiro atoms. The molecule has 4 heteroatoms. The Bertz CT molecular complexity index is 349. The van der Waals surface area contributed by atoms with E-state index in [1.54, 1.807) is 12.3 Å². The number of nitrogens with zero attached hydrogens (tertiary/aromatic N) is 2. The molecule has 78 valence electrons. The highest BCUT2D eigenvalue weighted by molar-refractivity contribution is 5.38. The fraction of sp³-hybridized carbons (Fsp3) is 0.455. The van der Waals surface area contributed by atoms with Gasteiger partial charge < -0.3 is 10.1 Å². The number of anilines is 1. The average Bonchev–Trinajstić information content (AvgIpc) is 2.80. The monoisotopic (exact) mass is 203 g/mol. The summed E-state index contributed by atoms with van der Waals surface area (Å²) in [5.41, 5.74) is 0.581. The van der Waals surface area contributed by atoms with Gasteiger partial charge in [0.15, 0.2) is 0 Å². The smallest absolute Gasteiger partial charge is 0.126 e. The van der Waals surface area contributed by atoms with Crippen LogP contribution in [0, 0.1) is 11.3 Å². The Morgan fingerprint density at radius 1 is 1.60 bits per heavy atom. The van der Waals surface area contributed by atoms with Gasteiger partial charge in [-0.15, -0.1) is 0 Å². The van der Waals surface area contributed by atoms with Gasteiger partial charge in [-0.3, -0.25) is 0 Å². The lowest BCUT2D eigenvalue weighted by molar-refractivity contribution is 0.120. The molecular weight excluding hydrogens is 190 g/mol. The highest BCUT2D eigenvalue weighted by Crippen LogP contribution is 2.12. The zero-order valence-corrected chi connectivity index (χ0v) is 8.44. The van der Waals surface area contributed by atoms with Crippen molar-refractivity contribution in [2.45, 2.75) is 18.9 Å². The predicted octanol–water partition coefficient (Wildman–Crippen LogP) is 1.54. The maximum Gasteiger partial charge on any atom is 0.126 e. The largest absolute Gasteiger partial charge is 0.376 e. The van der Waals surface area contributed by atoms with Gasteiger partial charge in [0, 0.05) is 19.3 Å². The second-order valence-corrected chi connectivity index (χ2v) is 3.56. The summed E-state index contributed by atoms with van der Waals surface area (Å²) in [6, 6.07) is 5.60. The molecule has 2 heterocycles. The van der Waals surface area contributed by atoms with Crippen molar-refractivity contribution in [2.24, 2.45) is 0 Å². The van der Waals surface area contributed by atoms with Gasteiger partial charge in [0.25, 0.3) is 0 Å². The number of nitrogens with one attached hydrogen (secondary N) is 1. The summed E-state index contributed by atoms with van der Waals surface area (Å²) in [6.45, 7) is 1.66. The first-order chi connectivity index (χ1) is 7.38. The van der Waals surface area contributed by atoms with Gasteiger partial charge in [-0.2, -0.15) is 5.26 Å². The number of pyridine rings is 1. The highest BCUT2D eigenvalue weighted by atomic mass is 16.5. The zero-order chi connectivity index (χ0) is 10.5. The van der Waals surface area contributed by atoms with Crippen LogP contribution in [0.2, 0.25) is 0 Å². The number of aromatic nitrogens is 1. The van der Waals surface area contributed by atoms with Crippen LogP contribution in [0.5, 0.6) is 0 Å². The maximum absolute atomic E-state index is 8.60. The van der Waals surface area contributed by atoms with E-state index in [0.717, 1.165) is 31.8 Å². The molecule has 4 nitrogen and oxygen atoms in total. The van der Waals surface area contributed by atoms with E-state index < -0.39 is 0 Å². The molecule has 0 saturated carbocycles. The Morgan fingerprint density at radius 2 is 2.53 bits per heavy atom. The third-order valence-corrected chi connectivity index (χ3v) is 2.43. The van der Waals surface area contributed by atoms with Crippen molar-refractivity contribution in [3.05, 3.63) is 23.9 Å². The van der Waals surface area contributed by atoms with Crippen molar-refractivity contribution in [3.8, 4) is 6.07 Å². The molecular formula is C11H13N3O. The van der Waals surface area contributed by atoms with Gasteiger partial charge >= 0.3 is 0 Å². The van der Waals surface area contributed by atoms with Gasteiger partial charge in [-0.1, -0.05) is 0 Å². The van der Waals surface area contributed by atoms with Crippen molar-refractivity contribution >= 4 is 5.82 Å². The molecule has 0 amide bonds. The van der Waals surface area contributed by atoms with Crippen LogP contribution in [-0.2, 0) is 4.74 Å². The van der Waals surface area contributed by atoms with Crippen molar-refractivity contribution < 1.29 is 4.74 Å². The zero-order valence-electron chi connectivity index (χ0n) is 8.44. The first-order valence-corrected chi connectivity index (χ1v) is 5.10. The normalized spacial score (nSPS) is 19.8. The number of hydrogen-bond acceptors (Lipinski definition) is 4. The van der Waals surface area contributed by atoms with Crippen LogP contribution in [-0.4, -0.2) is 24.2 Å². The summed E-state index contributed by atoms with van der Waals surface area (Å²) in [4.78, 5) is 4.12. The topological polar surface area (TPSA) is 57.9 Å². The molecule has 1 aromatic heterocycles. The fourth-order valence-electron chi connectivity index (χ4n) is 1.59. The molecule has 1 fully saturated rings. The third kappa shape index (κ3) is 2.67. The molecule has 15 heavy (non-hydrogen) atoms. The Morgan fingerprint density at radius 3 is 3.13 bits per heavy atom. The van der Waals surface area contributed by atoms with Crippen LogP contribution in [0.1, 0.15) is 18.4 Å². The predicted molar refractivity (Wildman–Crippen MR) is 56.4 cm³/mol. The minimum absolute atomic E-state index is 0.308. The van der Waals surface area contributed by atoms with E-state index in [2.05, 4.69) is 10.3 Å². The quantitative estimate of drug-likeness (QED) is 0.809. The lowest BCUT2D eigenvalue weighted by Gasteiger charge is -2.10. The summed E-state index contributed by atoms with van der Waals surface area (Å²) >= 11 is 0. The average molecular weight is 203 g/mol. The van der Waals surface area contributed by atoms with E-state index in [1.165, 1.54) is 0 Å². The van der Waals surface area contributed by atoms with Crippen molar-refractivity contribution in [3.63, 3.8) is 0 Å². The van der Waals surface area contributed by atoms with E-state index in [4.69, 9.17) is 10.00 Å². The molecule has 1 saturated heterocycles. The number of hydrogen-bond donors (Lipinski definition) is 1. The van der Waals surface area contributed by atoms with Gasteiger partial charge in [0.05, 0.1) is 11.7 Å². The van der Waals surface area contributed by atoms with E-state index in [9.17, 15) is 0 Å². The van der Waals surface area contributed by atoms with Crippen LogP contribution >= 0.6 is 0 Å². The summed E-state index contributed by atoms with van der Waals surface area (Å²) in [5.74, 6) is 0.796. The first kappa shape index (κ1) is 9.94. The van der Waals surface area contributed by atoms with Gasteiger partial charge in [-0.05, 0) is 25.0 Å². The van der Waals surface area contributed by atoms with E-state index in [0.29, 0.717) is 11.7 Å². The molecule has 1 aliphatic heterocycles. The second-order valence-electron chi connectivity index (χ2n) is 3.56. The molecule has 0 aromatic carbocycles. The molecule has 1 N–H and O–H groups in total. The Labute approximate surface area is 88.9 Å².